The number of benzene rings is 1. The Balaban J connectivity index is 2.36. The van der Waals surface area contributed by atoms with Gasteiger partial charge in [0.1, 0.15) is 0 Å². The molecule has 1 heterocycles. The Kier molecular flexibility index (Phi) is 4.59. The van der Waals surface area contributed by atoms with E-state index in [1.165, 1.54) is 0 Å². The number of nitrogens with one attached hydrogen (secondary N) is 2. The number of hydrogen-bond donors (Lipinski definition) is 2. The van der Waals surface area contributed by atoms with E-state index in [1.54, 1.807) is 37.4 Å². The summed E-state index contributed by atoms with van der Waals surface area (Å²) in [5, 5.41) is 3.04. The van der Waals surface area contributed by atoms with E-state index in [1.807, 2.05) is 20.0 Å². The van der Waals surface area contributed by atoms with Crippen molar-refractivity contribution in [2.75, 3.05) is 11.8 Å². The molecule has 0 aliphatic rings. The maximum absolute atomic E-state index is 12.5. The quantitative estimate of drug-likeness (QED) is 0.888. The van der Waals surface area contributed by atoms with Crippen molar-refractivity contribution >= 4 is 15.7 Å². The maximum Gasteiger partial charge on any atom is 0.261 e. The van der Waals surface area contributed by atoms with Gasteiger partial charge in [0.05, 0.1) is 16.3 Å². The van der Waals surface area contributed by atoms with Gasteiger partial charge in [0.2, 0.25) is 0 Å². The molecular formula is C15H19N3O2S. The highest BCUT2D eigenvalue weighted by molar-refractivity contribution is 7.92. The van der Waals surface area contributed by atoms with E-state index in [0.717, 1.165) is 11.1 Å². The van der Waals surface area contributed by atoms with Gasteiger partial charge in [-0.1, -0.05) is 6.07 Å². The summed E-state index contributed by atoms with van der Waals surface area (Å²) < 4.78 is 27.5. The van der Waals surface area contributed by atoms with Gasteiger partial charge in [-0.3, -0.25) is 9.71 Å². The highest BCUT2D eigenvalue weighted by Crippen LogP contribution is 2.20. The Bertz CT molecular complexity index is 742. The molecule has 0 aliphatic heterocycles. The van der Waals surface area contributed by atoms with Crippen LogP contribution in [-0.4, -0.2) is 20.4 Å². The van der Waals surface area contributed by atoms with Crippen molar-refractivity contribution in [3.8, 4) is 0 Å². The van der Waals surface area contributed by atoms with E-state index in [-0.39, 0.29) is 4.90 Å². The first-order valence-corrected chi connectivity index (χ1v) is 8.11. The Morgan fingerprint density at radius 2 is 1.95 bits per heavy atom. The molecule has 0 radical (unpaired) electrons. The van der Waals surface area contributed by atoms with Crippen molar-refractivity contribution < 1.29 is 8.42 Å². The second-order valence-corrected chi connectivity index (χ2v) is 6.54. The minimum atomic E-state index is -3.61. The van der Waals surface area contributed by atoms with E-state index in [2.05, 4.69) is 15.0 Å². The molecule has 5 nitrogen and oxygen atoms in total. The molecule has 0 fully saturated rings. The van der Waals surface area contributed by atoms with Crippen LogP contribution < -0.4 is 10.0 Å². The Morgan fingerprint density at radius 3 is 2.62 bits per heavy atom. The Labute approximate surface area is 125 Å². The van der Waals surface area contributed by atoms with Gasteiger partial charge < -0.3 is 5.32 Å². The summed E-state index contributed by atoms with van der Waals surface area (Å²) in [5.74, 6) is 0. The molecule has 0 amide bonds. The van der Waals surface area contributed by atoms with Crippen LogP contribution in [0.1, 0.15) is 16.8 Å². The summed E-state index contributed by atoms with van der Waals surface area (Å²) >= 11 is 0. The number of nitrogens with zero attached hydrogens (tertiary/aromatic N) is 1. The molecular weight excluding hydrogens is 286 g/mol. The third-order valence-electron chi connectivity index (χ3n) is 3.25. The standard InChI is InChI=1S/C15H19N3O2S/c1-11-6-7-14(9-13(11)10-16-3)21(19,20)18-15-5-4-8-17-12(15)2/h4-9,16,18H,10H2,1-3H3. The molecule has 1 aromatic heterocycles. The van der Waals surface area contributed by atoms with Gasteiger partial charge in [-0.2, -0.15) is 0 Å². The molecule has 0 spiro atoms. The normalized spacial score (nSPS) is 11.4. The fourth-order valence-corrected chi connectivity index (χ4v) is 3.16. The average Bonchev–Trinajstić information content (AvgIpc) is 2.44. The van der Waals surface area contributed by atoms with Crippen LogP contribution in [0, 0.1) is 13.8 Å². The van der Waals surface area contributed by atoms with Gasteiger partial charge in [-0.05, 0) is 56.3 Å². The lowest BCUT2D eigenvalue weighted by molar-refractivity contribution is 0.601. The number of rotatable bonds is 5. The smallest absolute Gasteiger partial charge is 0.261 e. The van der Waals surface area contributed by atoms with Crippen molar-refractivity contribution in [3.05, 3.63) is 53.3 Å². The average molecular weight is 305 g/mol. The van der Waals surface area contributed by atoms with Crippen molar-refractivity contribution in [2.24, 2.45) is 0 Å². The summed E-state index contributed by atoms with van der Waals surface area (Å²) in [4.78, 5) is 4.33. The zero-order valence-electron chi connectivity index (χ0n) is 12.3. The number of sulfonamides is 1. The zero-order chi connectivity index (χ0) is 15.5. The van der Waals surface area contributed by atoms with E-state index >= 15 is 0 Å². The molecule has 0 unspecified atom stereocenters. The Hall–Kier alpha value is -1.92. The number of aryl methyl sites for hydroxylation is 2. The molecule has 2 rings (SSSR count). The summed E-state index contributed by atoms with van der Waals surface area (Å²) in [6.45, 7) is 4.35. The molecule has 0 atom stereocenters. The molecule has 0 aliphatic carbocycles. The molecule has 112 valence electrons. The second kappa shape index (κ2) is 6.24. The van der Waals surface area contributed by atoms with Crippen molar-refractivity contribution in [1.82, 2.24) is 10.3 Å². The molecule has 21 heavy (non-hydrogen) atoms. The highest BCUT2D eigenvalue weighted by Gasteiger charge is 2.16. The van der Waals surface area contributed by atoms with Crippen LogP contribution in [0.25, 0.3) is 0 Å². The molecule has 0 saturated heterocycles. The number of pyridine rings is 1. The molecule has 1 aromatic carbocycles. The second-order valence-electron chi connectivity index (χ2n) is 4.86. The maximum atomic E-state index is 12.5. The lowest BCUT2D eigenvalue weighted by Gasteiger charge is -2.12. The van der Waals surface area contributed by atoms with Gasteiger partial charge in [0, 0.05) is 12.7 Å². The number of aromatic nitrogens is 1. The first-order valence-electron chi connectivity index (χ1n) is 6.62. The monoisotopic (exact) mass is 305 g/mol. The summed E-state index contributed by atoms with van der Waals surface area (Å²) in [5.41, 5.74) is 3.15. The summed E-state index contributed by atoms with van der Waals surface area (Å²) in [6, 6.07) is 8.52. The van der Waals surface area contributed by atoms with Crippen LogP contribution in [-0.2, 0) is 16.6 Å². The summed E-state index contributed by atoms with van der Waals surface area (Å²) in [7, 11) is -1.78. The van der Waals surface area contributed by atoms with Crippen LogP contribution in [0.15, 0.2) is 41.4 Å². The predicted molar refractivity (Wildman–Crippen MR) is 83.7 cm³/mol. The first-order chi connectivity index (χ1) is 9.94. The topological polar surface area (TPSA) is 71.1 Å². The fraction of sp³-hybridized carbons (Fsp3) is 0.267. The van der Waals surface area contributed by atoms with Crippen LogP contribution in [0.5, 0.6) is 0 Å². The molecule has 2 aromatic rings. The number of anilines is 1. The van der Waals surface area contributed by atoms with Gasteiger partial charge >= 0.3 is 0 Å². The van der Waals surface area contributed by atoms with E-state index < -0.39 is 10.0 Å². The lowest BCUT2D eigenvalue weighted by Crippen LogP contribution is -2.15. The predicted octanol–water partition coefficient (Wildman–Crippen LogP) is 2.22. The van der Waals surface area contributed by atoms with Gasteiger partial charge in [-0.25, -0.2) is 8.42 Å². The van der Waals surface area contributed by atoms with Crippen molar-refractivity contribution in [3.63, 3.8) is 0 Å². The fourth-order valence-electron chi connectivity index (χ4n) is 1.99. The molecule has 0 saturated carbocycles. The first kappa shape index (κ1) is 15.5. The number of hydrogen-bond acceptors (Lipinski definition) is 4. The molecule has 0 bridgehead atoms. The zero-order valence-corrected chi connectivity index (χ0v) is 13.2. The van der Waals surface area contributed by atoms with Crippen LogP contribution in [0.4, 0.5) is 5.69 Å². The third-order valence-corrected chi connectivity index (χ3v) is 4.61. The van der Waals surface area contributed by atoms with Crippen LogP contribution >= 0.6 is 0 Å². The van der Waals surface area contributed by atoms with Gasteiger partial charge in [0.25, 0.3) is 10.0 Å². The Morgan fingerprint density at radius 1 is 1.19 bits per heavy atom. The van der Waals surface area contributed by atoms with E-state index in [9.17, 15) is 8.42 Å². The van der Waals surface area contributed by atoms with Crippen molar-refractivity contribution in [1.29, 1.82) is 0 Å². The minimum Gasteiger partial charge on any atom is -0.316 e. The SMILES string of the molecule is CNCc1cc(S(=O)(=O)Nc2cccnc2C)ccc1C. The van der Waals surface area contributed by atoms with Crippen molar-refractivity contribution in [2.45, 2.75) is 25.3 Å². The van der Waals surface area contributed by atoms with Gasteiger partial charge in [0.15, 0.2) is 0 Å². The third kappa shape index (κ3) is 3.59. The highest BCUT2D eigenvalue weighted by atomic mass is 32.2. The van der Waals surface area contributed by atoms with Crippen LogP contribution in [0.3, 0.4) is 0 Å². The van der Waals surface area contributed by atoms with E-state index in [4.69, 9.17) is 0 Å². The lowest BCUT2D eigenvalue weighted by atomic mass is 10.1. The molecule has 6 heteroatoms. The summed E-state index contributed by atoms with van der Waals surface area (Å²) in [6.07, 6.45) is 1.63. The molecule has 2 N–H and O–H groups in total. The van der Waals surface area contributed by atoms with E-state index in [0.29, 0.717) is 17.9 Å². The minimum absolute atomic E-state index is 0.251. The van der Waals surface area contributed by atoms with Gasteiger partial charge in [-0.15, -0.1) is 0 Å². The largest absolute Gasteiger partial charge is 0.316 e. The van der Waals surface area contributed by atoms with Crippen LogP contribution in [0.2, 0.25) is 0 Å².